The van der Waals surface area contributed by atoms with E-state index in [0.29, 0.717) is 12.3 Å². The predicted molar refractivity (Wildman–Crippen MR) is 93.5 cm³/mol. The van der Waals surface area contributed by atoms with E-state index in [0.717, 1.165) is 36.2 Å². The maximum absolute atomic E-state index is 12.9. The lowest BCUT2D eigenvalue weighted by molar-refractivity contribution is -0.135. The van der Waals surface area contributed by atoms with Gasteiger partial charge in [-0.15, -0.1) is 0 Å². The zero-order valence-electron chi connectivity index (χ0n) is 14.5. The molecule has 2 saturated heterocycles. The van der Waals surface area contributed by atoms with Gasteiger partial charge in [0.05, 0.1) is 11.0 Å². The number of fused-ring (bicyclic) bond motifs is 1. The number of amides is 2. The van der Waals surface area contributed by atoms with E-state index < -0.39 is 11.9 Å². The van der Waals surface area contributed by atoms with Crippen molar-refractivity contribution in [3.8, 4) is 0 Å². The van der Waals surface area contributed by atoms with Crippen molar-refractivity contribution in [1.29, 1.82) is 0 Å². The molecule has 1 unspecified atom stereocenters. The van der Waals surface area contributed by atoms with Gasteiger partial charge < -0.3 is 4.90 Å². The van der Waals surface area contributed by atoms with Crippen molar-refractivity contribution in [2.24, 2.45) is 7.05 Å². The van der Waals surface area contributed by atoms with Gasteiger partial charge in [0.15, 0.2) is 0 Å². The maximum Gasteiger partial charge on any atom is 0.329 e. The molecular weight excluding hydrogens is 320 g/mol. The Morgan fingerprint density at radius 2 is 1.96 bits per heavy atom. The number of carbonyl (C=O) groups is 2. The van der Waals surface area contributed by atoms with Crippen LogP contribution in [0.4, 0.5) is 0 Å². The number of imidazole rings is 1. The molecule has 0 radical (unpaired) electrons. The summed E-state index contributed by atoms with van der Waals surface area (Å²) in [6, 6.07) is 5.29. The predicted octanol–water partition coefficient (Wildman–Crippen LogP) is 0.737. The van der Waals surface area contributed by atoms with Crippen LogP contribution in [0.25, 0.3) is 11.0 Å². The normalized spacial score (nSPS) is 22.2. The Balaban J connectivity index is 1.82. The van der Waals surface area contributed by atoms with Crippen LogP contribution < -0.4 is 11.0 Å². The first-order valence-corrected chi connectivity index (χ1v) is 8.77. The zero-order chi connectivity index (χ0) is 17.7. The van der Waals surface area contributed by atoms with Crippen LogP contribution in [0.5, 0.6) is 0 Å². The molecule has 7 heteroatoms. The fraction of sp³-hybridized carbons (Fsp3) is 0.500. The molecule has 25 heavy (non-hydrogen) atoms. The SMILES string of the molecule is CCN1CC(c2cccc3c2n(C)c(=O)n3C2CCC(=O)NC2=O)C1. The molecule has 4 rings (SSSR count). The summed E-state index contributed by atoms with van der Waals surface area (Å²) in [5.74, 6) is -0.256. The van der Waals surface area contributed by atoms with Crippen molar-refractivity contribution in [2.45, 2.75) is 31.7 Å². The Morgan fingerprint density at radius 3 is 2.64 bits per heavy atom. The van der Waals surface area contributed by atoms with E-state index in [1.807, 2.05) is 12.1 Å². The molecule has 0 spiro atoms. The summed E-state index contributed by atoms with van der Waals surface area (Å²) >= 11 is 0. The topological polar surface area (TPSA) is 76.3 Å². The summed E-state index contributed by atoms with van der Waals surface area (Å²) in [4.78, 5) is 38.9. The van der Waals surface area contributed by atoms with Gasteiger partial charge in [0.2, 0.25) is 11.8 Å². The minimum atomic E-state index is -0.627. The molecule has 2 amide bonds. The largest absolute Gasteiger partial charge is 0.329 e. The minimum absolute atomic E-state index is 0.205. The number of aromatic nitrogens is 2. The van der Waals surface area contributed by atoms with E-state index in [-0.39, 0.29) is 18.0 Å². The zero-order valence-corrected chi connectivity index (χ0v) is 14.5. The highest BCUT2D eigenvalue weighted by Gasteiger charge is 2.33. The monoisotopic (exact) mass is 342 g/mol. The van der Waals surface area contributed by atoms with Gasteiger partial charge in [-0.1, -0.05) is 19.1 Å². The third-order valence-corrected chi connectivity index (χ3v) is 5.50. The first-order chi connectivity index (χ1) is 12.0. The van der Waals surface area contributed by atoms with Crippen molar-refractivity contribution in [3.63, 3.8) is 0 Å². The summed E-state index contributed by atoms with van der Waals surface area (Å²) in [5, 5.41) is 2.35. The lowest BCUT2D eigenvalue weighted by Gasteiger charge is -2.39. The first kappa shape index (κ1) is 16.1. The van der Waals surface area contributed by atoms with Gasteiger partial charge in [0.1, 0.15) is 6.04 Å². The Kier molecular flexibility index (Phi) is 3.76. The molecule has 2 aliphatic rings. The van der Waals surface area contributed by atoms with Crippen LogP contribution in [0.3, 0.4) is 0 Å². The van der Waals surface area contributed by atoms with E-state index in [9.17, 15) is 14.4 Å². The summed E-state index contributed by atoms with van der Waals surface area (Å²) in [5.41, 5.74) is 2.63. The molecule has 2 aliphatic heterocycles. The fourth-order valence-electron chi connectivity index (χ4n) is 4.05. The van der Waals surface area contributed by atoms with Crippen LogP contribution in [0.1, 0.15) is 37.3 Å². The molecule has 0 bridgehead atoms. The van der Waals surface area contributed by atoms with Crippen molar-refractivity contribution >= 4 is 22.8 Å². The Labute approximate surface area is 145 Å². The van der Waals surface area contributed by atoms with Crippen molar-refractivity contribution in [3.05, 3.63) is 34.2 Å². The molecule has 132 valence electrons. The van der Waals surface area contributed by atoms with Crippen LogP contribution >= 0.6 is 0 Å². The number of rotatable bonds is 3. The highest BCUT2D eigenvalue weighted by Crippen LogP contribution is 2.33. The number of aryl methyl sites for hydroxylation is 1. The second kappa shape index (κ2) is 5.84. The average molecular weight is 342 g/mol. The number of hydrogen-bond donors (Lipinski definition) is 1. The molecule has 2 aromatic rings. The van der Waals surface area contributed by atoms with Gasteiger partial charge in [0, 0.05) is 32.5 Å². The minimum Gasteiger partial charge on any atom is -0.302 e. The van der Waals surface area contributed by atoms with E-state index in [1.165, 1.54) is 0 Å². The number of nitrogens with zero attached hydrogens (tertiary/aromatic N) is 3. The highest BCUT2D eigenvalue weighted by atomic mass is 16.2. The number of likely N-dealkylation sites (tertiary alicyclic amines) is 1. The van der Waals surface area contributed by atoms with Crippen molar-refractivity contribution in [2.75, 3.05) is 19.6 Å². The van der Waals surface area contributed by atoms with E-state index in [4.69, 9.17) is 0 Å². The molecule has 2 fully saturated rings. The smallest absolute Gasteiger partial charge is 0.302 e. The van der Waals surface area contributed by atoms with Crippen LogP contribution in [0, 0.1) is 0 Å². The summed E-state index contributed by atoms with van der Waals surface area (Å²) in [6.45, 7) is 5.16. The van der Waals surface area contributed by atoms with Gasteiger partial charge in [-0.3, -0.25) is 24.0 Å². The van der Waals surface area contributed by atoms with Gasteiger partial charge in [-0.05, 0) is 24.6 Å². The Morgan fingerprint density at radius 1 is 1.20 bits per heavy atom. The molecular formula is C18H22N4O3. The number of likely N-dealkylation sites (N-methyl/N-ethyl adjacent to an activating group) is 1. The van der Waals surface area contributed by atoms with E-state index in [2.05, 4.69) is 23.2 Å². The molecule has 1 atom stereocenters. The third kappa shape index (κ3) is 2.41. The van der Waals surface area contributed by atoms with Crippen LogP contribution in [0.15, 0.2) is 23.0 Å². The van der Waals surface area contributed by atoms with Gasteiger partial charge in [-0.2, -0.15) is 0 Å². The third-order valence-electron chi connectivity index (χ3n) is 5.50. The molecule has 1 aromatic carbocycles. The number of nitrogens with one attached hydrogen (secondary N) is 1. The van der Waals surface area contributed by atoms with Crippen LogP contribution in [-0.4, -0.2) is 45.5 Å². The standard InChI is InChI=1S/C18H22N4O3/c1-3-21-9-11(10-21)12-5-4-6-13-16(12)20(2)18(25)22(13)14-7-8-15(23)19-17(14)24/h4-6,11,14H,3,7-10H2,1-2H3,(H,19,23,24). The second-order valence-corrected chi connectivity index (χ2v) is 6.94. The van der Waals surface area contributed by atoms with Gasteiger partial charge in [0.25, 0.3) is 0 Å². The fourth-order valence-corrected chi connectivity index (χ4v) is 4.05. The number of para-hydroxylation sites is 1. The summed E-state index contributed by atoms with van der Waals surface area (Å²) < 4.78 is 3.19. The molecule has 7 nitrogen and oxygen atoms in total. The number of benzene rings is 1. The Hall–Kier alpha value is -2.41. The molecule has 1 N–H and O–H groups in total. The molecule has 0 aliphatic carbocycles. The molecule has 1 aromatic heterocycles. The van der Waals surface area contributed by atoms with Gasteiger partial charge >= 0.3 is 5.69 Å². The van der Waals surface area contributed by atoms with Crippen LogP contribution in [0.2, 0.25) is 0 Å². The van der Waals surface area contributed by atoms with Crippen molar-refractivity contribution < 1.29 is 9.59 Å². The Bertz CT molecular complexity index is 920. The summed E-state index contributed by atoms with van der Waals surface area (Å²) in [7, 11) is 1.76. The maximum atomic E-state index is 12.9. The highest BCUT2D eigenvalue weighted by molar-refractivity contribution is 6.00. The average Bonchev–Trinajstić information content (AvgIpc) is 2.79. The summed E-state index contributed by atoms with van der Waals surface area (Å²) in [6.07, 6.45) is 0.619. The first-order valence-electron chi connectivity index (χ1n) is 8.77. The number of hydrogen-bond acceptors (Lipinski definition) is 4. The van der Waals surface area contributed by atoms with Gasteiger partial charge in [-0.25, -0.2) is 4.79 Å². The van der Waals surface area contributed by atoms with E-state index in [1.54, 1.807) is 16.2 Å². The lowest BCUT2D eigenvalue weighted by atomic mass is 9.90. The quantitative estimate of drug-likeness (QED) is 0.835. The molecule has 3 heterocycles. The number of imide groups is 1. The number of carbonyl (C=O) groups excluding carboxylic acids is 2. The van der Waals surface area contributed by atoms with E-state index >= 15 is 0 Å². The molecule has 0 saturated carbocycles. The van der Waals surface area contributed by atoms with Crippen LogP contribution in [-0.2, 0) is 16.6 Å². The van der Waals surface area contributed by atoms with Crippen molar-refractivity contribution in [1.82, 2.24) is 19.4 Å². The number of piperidine rings is 1. The second-order valence-electron chi connectivity index (χ2n) is 6.94. The lowest BCUT2D eigenvalue weighted by Crippen LogP contribution is -2.44.